The lowest BCUT2D eigenvalue weighted by atomic mass is 10.3. The van der Waals surface area contributed by atoms with Gasteiger partial charge in [0.25, 0.3) is 0 Å². The molecule has 1 fully saturated rings. The smallest absolute Gasteiger partial charge is 0.309 e. The van der Waals surface area contributed by atoms with E-state index in [9.17, 15) is 4.79 Å². The maximum Gasteiger partial charge on any atom is 0.309 e. The summed E-state index contributed by atoms with van der Waals surface area (Å²) < 4.78 is 5.00. The molecule has 2 atom stereocenters. The number of aromatic amines is 1. The standard InChI is InChI=1S/C13H14N4O2/c1-2-19-13(18)10-6-9(10)12-15-11(16-17-12)8-4-3-5-14-7-8/h3-5,7,9-10H,2,6H2,1H3,(H,15,16,17)/t9-,10-/m1/s1. The van der Waals surface area contributed by atoms with Gasteiger partial charge < -0.3 is 4.74 Å². The highest BCUT2D eigenvalue weighted by molar-refractivity contribution is 5.77. The van der Waals surface area contributed by atoms with Gasteiger partial charge in [-0.1, -0.05) is 0 Å². The number of ether oxygens (including phenoxy) is 1. The van der Waals surface area contributed by atoms with Crippen LogP contribution in [0.4, 0.5) is 0 Å². The summed E-state index contributed by atoms with van der Waals surface area (Å²) in [4.78, 5) is 20.0. The number of H-pyrrole nitrogens is 1. The van der Waals surface area contributed by atoms with Crippen LogP contribution < -0.4 is 0 Å². The van der Waals surface area contributed by atoms with Gasteiger partial charge in [0.15, 0.2) is 5.82 Å². The Hall–Kier alpha value is -2.24. The first-order chi connectivity index (χ1) is 9.29. The number of pyridine rings is 1. The van der Waals surface area contributed by atoms with Crippen LogP contribution in [0.3, 0.4) is 0 Å². The van der Waals surface area contributed by atoms with E-state index in [-0.39, 0.29) is 17.8 Å². The molecule has 0 radical (unpaired) electrons. The van der Waals surface area contributed by atoms with E-state index in [2.05, 4.69) is 20.2 Å². The lowest BCUT2D eigenvalue weighted by Crippen LogP contribution is -2.07. The van der Waals surface area contributed by atoms with Crippen LogP contribution in [-0.4, -0.2) is 32.7 Å². The average molecular weight is 258 g/mol. The van der Waals surface area contributed by atoms with Gasteiger partial charge in [-0.2, -0.15) is 5.10 Å². The van der Waals surface area contributed by atoms with E-state index in [1.807, 2.05) is 19.1 Å². The molecule has 1 aliphatic carbocycles. The fourth-order valence-electron chi connectivity index (χ4n) is 2.07. The zero-order valence-corrected chi connectivity index (χ0v) is 10.5. The van der Waals surface area contributed by atoms with Gasteiger partial charge in [0, 0.05) is 23.9 Å². The number of rotatable bonds is 4. The van der Waals surface area contributed by atoms with Gasteiger partial charge >= 0.3 is 5.97 Å². The van der Waals surface area contributed by atoms with Crippen molar-refractivity contribution in [1.82, 2.24) is 20.2 Å². The molecule has 0 spiro atoms. The number of hydrogen-bond donors (Lipinski definition) is 1. The van der Waals surface area contributed by atoms with Crippen LogP contribution in [0.5, 0.6) is 0 Å². The largest absolute Gasteiger partial charge is 0.466 e. The molecule has 6 heteroatoms. The fraction of sp³-hybridized carbons (Fsp3) is 0.385. The van der Waals surface area contributed by atoms with Crippen LogP contribution >= 0.6 is 0 Å². The third-order valence-electron chi connectivity index (χ3n) is 3.15. The van der Waals surface area contributed by atoms with E-state index >= 15 is 0 Å². The average Bonchev–Trinajstić information content (AvgIpc) is 3.10. The summed E-state index contributed by atoms with van der Waals surface area (Å²) >= 11 is 0. The maximum absolute atomic E-state index is 11.6. The first-order valence-corrected chi connectivity index (χ1v) is 6.29. The second-order valence-electron chi connectivity index (χ2n) is 4.49. The van der Waals surface area contributed by atoms with E-state index in [4.69, 9.17) is 4.74 Å². The van der Waals surface area contributed by atoms with Gasteiger partial charge in [-0.15, -0.1) is 0 Å². The van der Waals surface area contributed by atoms with Crippen LogP contribution in [0.15, 0.2) is 24.5 Å². The number of esters is 1. The molecular formula is C13H14N4O2. The molecule has 0 aromatic carbocycles. The highest BCUT2D eigenvalue weighted by atomic mass is 16.5. The number of hydrogen-bond acceptors (Lipinski definition) is 5. The van der Waals surface area contributed by atoms with Gasteiger partial charge in [0.2, 0.25) is 0 Å². The van der Waals surface area contributed by atoms with Crippen molar-refractivity contribution < 1.29 is 9.53 Å². The van der Waals surface area contributed by atoms with E-state index in [1.54, 1.807) is 12.4 Å². The minimum atomic E-state index is -0.146. The first-order valence-electron chi connectivity index (χ1n) is 6.29. The quantitative estimate of drug-likeness (QED) is 0.841. The van der Waals surface area contributed by atoms with Crippen molar-refractivity contribution in [2.45, 2.75) is 19.3 Å². The Balaban J connectivity index is 1.72. The highest BCUT2D eigenvalue weighted by Gasteiger charge is 2.47. The predicted octanol–water partition coefficient (Wildman–Crippen LogP) is 1.53. The molecule has 2 heterocycles. The zero-order chi connectivity index (χ0) is 13.2. The van der Waals surface area contributed by atoms with Gasteiger partial charge in [0.1, 0.15) is 5.82 Å². The molecule has 19 heavy (non-hydrogen) atoms. The number of nitrogens with zero attached hydrogens (tertiary/aromatic N) is 3. The van der Waals surface area contributed by atoms with Crippen molar-refractivity contribution in [3.05, 3.63) is 30.4 Å². The molecule has 0 unspecified atom stereocenters. The van der Waals surface area contributed by atoms with Gasteiger partial charge in [-0.3, -0.25) is 14.9 Å². The molecule has 0 aliphatic heterocycles. The van der Waals surface area contributed by atoms with Crippen LogP contribution in [-0.2, 0) is 9.53 Å². The third kappa shape index (κ3) is 2.33. The molecule has 3 rings (SSSR count). The molecule has 0 saturated heterocycles. The van der Waals surface area contributed by atoms with Gasteiger partial charge in [-0.25, -0.2) is 4.98 Å². The molecular weight excluding hydrogens is 244 g/mol. The molecule has 2 aromatic rings. The molecule has 98 valence electrons. The Morgan fingerprint density at radius 3 is 3.21 bits per heavy atom. The van der Waals surface area contributed by atoms with Crippen molar-refractivity contribution in [1.29, 1.82) is 0 Å². The minimum absolute atomic E-state index is 0.0744. The van der Waals surface area contributed by atoms with E-state index in [0.29, 0.717) is 12.4 Å². The number of aromatic nitrogens is 4. The van der Waals surface area contributed by atoms with Crippen LogP contribution in [0.25, 0.3) is 11.4 Å². The van der Waals surface area contributed by atoms with Crippen molar-refractivity contribution in [3.8, 4) is 11.4 Å². The predicted molar refractivity (Wildman–Crippen MR) is 67.1 cm³/mol. The van der Waals surface area contributed by atoms with Crippen LogP contribution in [0.1, 0.15) is 25.1 Å². The van der Waals surface area contributed by atoms with E-state index in [1.165, 1.54) is 0 Å². The fourth-order valence-corrected chi connectivity index (χ4v) is 2.07. The number of nitrogens with one attached hydrogen (secondary N) is 1. The number of carbonyl (C=O) groups is 1. The van der Waals surface area contributed by atoms with E-state index in [0.717, 1.165) is 17.8 Å². The van der Waals surface area contributed by atoms with Gasteiger partial charge in [-0.05, 0) is 25.5 Å². The molecule has 2 aromatic heterocycles. The van der Waals surface area contributed by atoms with Crippen LogP contribution in [0, 0.1) is 5.92 Å². The molecule has 1 aliphatic rings. The Labute approximate surface area is 110 Å². The van der Waals surface area contributed by atoms with E-state index < -0.39 is 0 Å². The molecule has 1 saturated carbocycles. The highest BCUT2D eigenvalue weighted by Crippen LogP contribution is 2.46. The minimum Gasteiger partial charge on any atom is -0.466 e. The summed E-state index contributed by atoms with van der Waals surface area (Å²) in [5.74, 6) is 1.24. The second kappa shape index (κ2) is 4.79. The van der Waals surface area contributed by atoms with Crippen molar-refractivity contribution in [2.24, 2.45) is 5.92 Å². The molecule has 0 amide bonds. The topological polar surface area (TPSA) is 80.8 Å². The SMILES string of the molecule is CCOC(=O)[C@@H]1C[C@H]1c1nc(-c2cccnc2)n[nH]1. The van der Waals surface area contributed by atoms with Crippen molar-refractivity contribution in [2.75, 3.05) is 6.61 Å². The Morgan fingerprint density at radius 1 is 1.58 bits per heavy atom. The van der Waals surface area contributed by atoms with Crippen LogP contribution in [0.2, 0.25) is 0 Å². The Morgan fingerprint density at radius 2 is 2.47 bits per heavy atom. The Bertz CT molecular complexity index is 581. The van der Waals surface area contributed by atoms with Crippen molar-refractivity contribution in [3.63, 3.8) is 0 Å². The normalized spacial score (nSPS) is 21.1. The maximum atomic E-state index is 11.6. The monoisotopic (exact) mass is 258 g/mol. The summed E-state index contributed by atoms with van der Waals surface area (Å²) in [7, 11) is 0. The summed E-state index contributed by atoms with van der Waals surface area (Å²) in [5, 5.41) is 7.06. The zero-order valence-electron chi connectivity index (χ0n) is 10.5. The molecule has 6 nitrogen and oxygen atoms in total. The summed E-state index contributed by atoms with van der Waals surface area (Å²) in [6.45, 7) is 2.23. The van der Waals surface area contributed by atoms with Crippen molar-refractivity contribution >= 4 is 5.97 Å². The molecule has 1 N–H and O–H groups in total. The first kappa shape index (κ1) is 11.8. The lowest BCUT2D eigenvalue weighted by molar-refractivity contribution is -0.144. The molecule has 0 bridgehead atoms. The van der Waals surface area contributed by atoms with Gasteiger partial charge in [0.05, 0.1) is 12.5 Å². The third-order valence-corrected chi connectivity index (χ3v) is 3.15. The second-order valence-corrected chi connectivity index (χ2v) is 4.49. The Kier molecular flexibility index (Phi) is 2.98. The summed E-state index contributed by atoms with van der Waals surface area (Å²) in [5.41, 5.74) is 0.860. The summed E-state index contributed by atoms with van der Waals surface area (Å²) in [6, 6.07) is 3.74. The summed E-state index contributed by atoms with van der Waals surface area (Å²) in [6.07, 6.45) is 4.19. The lowest BCUT2D eigenvalue weighted by Gasteiger charge is -1.98. The number of carbonyl (C=O) groups excluding carboxylic acids is 1.